The van der Waals surface area contributed by atoms with Crippen molar-refractivity contribution in [2.45, 2.75) is 115 Å². The van der Waals surface area contributed by atoms with Gasteiger partial charge in [0.05, 0.1) is 0 Å². The minimum Gasteiger partial charge on any atom is -0.344 e. The maximum atomic E-state index is 3.78. The summed E-state index contributed by atoms with van der Waals surface area (Å²) in [7, 11) is 0. The molecule has 0 bridgehead atoms. The minimum atomic E-state index is 0. The molecule has 0 aromatic rings. The predicted octanol–water partition coefficient (Wildman–Crippen LogP) is 8.05. The van der Waals surface area contributed by atoms with Crippen LogP contribution in [0.15, 0.2) is 0 Å². The first-order valence-corrected chi connectivity index (χ1v) is 9.96. The fourth-order valence-electron chi connectivity index (χ4n) is 2.63. The molecule has 0 saturated carbocycles. The van der Waals surface area contributed by atoms with Crippen molar-refractivity contribution in [3.63, 3.8) is 0 Å². The molecule has 0 aromatic heterocycles. The zero-order valence-corrected chi connectivity index (χ0v) is 16.9. The Labute approximate surface area is 143 Å². The Morgan fingerprint density at radius 1 is 0.714 bits per heavy atom. The summed E-state index contributed by atoms with van der Waals surface area (Å²) in [5, 5.41) is 0. The van der Waals surface area contributed by atoms with Gasteiger partial charge in [-0.15, -0.1) is 0 Å². The van der Waals surface area contributed by atoms with E-state index in [1.807, 2.05) is 0 Å². The largest absolute Gasteiger partial charge is 0.344 e. The van der Waals surface area contributed by atoms with Gasteiger partial charge in [-0.05, 0) is 26.2 Å². The van der Waals surface area contributed by atoms with Gasteiger partial charge in [0.25, 0.3) is 0 Å². The molecule has 2 heteroatoms. The van der Waals surface area contributed by atoms with E-state index in [-0.39, 0.29) is 6.15 Å². The van der Waals surface area contributed by atoms with Crippen molar-refractivity contribution in [3.8, 4) is 0 Å². The van der Waals surface area contributed by atoms with Gasteiger partial charge in [0, 0.05) is 4.32 Å². The van der Waals surface area contributed by atoms with Crippen LogP contribution < -0.4 is 6.15 Å². The van der Waals surface area contributed by atoms with Crippen LogP contribution in [0.25, 0.3) is 0 Å². The highest BCUT2D eigenvalue weighted by atomic mass is 79.9. The molecule has 1 atom stereocenters. The number of unbranched alkanes of at least 4 members (excludes halogenated alkanes) is 11. The van der Waals surface area contributed by atoms with Crippen molar-refractivity contribution in [3.05, 3.63) is 0 Å². The van der Waals surface area contributed by atoms with Crippen LogP contribution in [0, 0.1) is 5.92 Å². The third-order valence-electron chi connectivity index (χ3n) is 4.66. The van der Waals surface area contributed by atoms with Gasteiger partial charge >= 0.3 is 0 Å². The Hall–Kier alpha value is 0.440. The number of hydrogen-bond acceptors (Lipinski definition) is 1. The molecule has 0 amide bonds. The van der Waals surface area contributed by atoms with Crippen molar-refractivity contribution in [1.29, 1.82) is 0 Å². The molecule has 130 valence electrons. The van der Waals surface area contributed by atoms with Gasteiger partial charge in [-0.25, -0.2) is 0 Å². The first-order chi connectivity index (χ1) is 9.48. The molecule has 1 nitrogen and oxygen atoms in total. The van der Waals surface area contributed by atoms with Crippen LogP contribution in [0.5, 0.6) is 0 Å². The summed E-state index contributed by atoms with van der Waals surface area (Å²) in [5.41, 5.74) is 0. The van der Waals surface area contributed by atoms with Crippen LogP contribution in [0.4, 0.5) is 0 Å². The monoisotopic (exact) mass is 363 g/mol. The molecular formula is C19H42BrN. The van der Waals surface area contributed by atoms with Gasteiger partial charge in [-0.1, -0.05) is 107 Å². The highest BCUT2D eigenvalue weighted by molar-refractivity contribution is 9.10. The van der Waals surface area contributed by atoms with Gasteiger partial charge < -0.3 is 6.15 Å². The molecule has 0 aliphatic heterocycles. The Bertz CT molecular complexity index is 198. The Balaban J connectivity index is 0. The number of alkyl halides is 1. The molecule has 0 heterocycles. The third kappa shape index (κ3) is 16.6. The summed E-state index contributed by atoms with van der Waals surface area (Å²) in [6, 6.07) is 0. The van der Waals surface area contributed by atoms with Gasteiger partial charge in [0.2, 0.25) is 0 Å². The summed E-state index contributed by atoms with van der Waals surface area (Å²) >= 11 is 3.78. The lowest BCUT2D eigenvalue weighted by molar-refractivity contribution is 0.413. The van der Waals surface area contributed by atoms with E-state index in [4.69, 9.17) is 0 Å². The van der Waals surface area contributed by atoms with E-state index < -0.39 is 0 Å². The number of rotatable bonds is 14. The highest BCUT2D eigenvalue weighted by Crippen LogP contribution is 2.30. The lowest BCUT2D eigenvalue weighted by atomic mass is 9.92. The Morgan fingerprint density at radius 2 is 1.05 bits per heavy atom. The van der Waals surface area contributed by atoms with Gasteiger partial charge in [0.15, 0.2) is 0 Å². The molecule has 0 aliphatic carbocycles. The van der Waals surface area contributed by atoms with Crippen LogP contribution in [0.3, 0.4) is 0 Å². The van der Waals surface area contributed by atoms with E-state index in [1.54, 1.807) is 0 Å². The molecule has 1 unspecified atom stereocenters. The Morgan fingerprint density at radius 3 is 1.38 bits per heavy atom. The second-order valence-electron chi connectivity index (χ2n) is 7.14. The van der Waals surface area contributed by atoms with E-state index in [0.717, 1.165) is 5.92 Å². The maximum Gasteiger partial charge on any atom is 0.0227 e. The van der Waals surface area contributed by atoms with E-state index in [0.29, 0.717) is 4.32 Å². The smallest absolute Gasteiger partial charge is 0.0227 e. The molecule has 0 radical (unpaired) electrons. The quantitative estimate of drug-likeness (QED) is 0.245. The first-order valence-electron chi connectivity index (χ1n) is 9.17. The molecule has 3 N–H and O–H groups in total. The van der Waals surface area contributed by atoms with Crippen molar-refractivity contribution >= 4 is 15.9 Å². The van der Waals surface area contributed by atoms with Gasteiger partial charge in [0.1, 0.15) is 0 Å². The molecular weight excluding hydrogens is 322 g/mol. The summed E-state index contributed by atoms with van der Waals surface area (Å²) in [5.74, 6) is 0.783. The van der Waals surface area contributed by atoms with Crippen molar-refractivity contribution in [2.24, 2.45) is 5.92 Å². The summed E-state index contributed by atoms with van der Waals surface area (Å²) in [4.78, 5) is 0. The summed E-state index contributed by atoms with van der Waals surface area (Å²) in [6.07, 6.45) is 18.7. The molecule has 0 fully saturated rings. The SMILES string of the molecule is CCCCCCCCCCCCCCC(C)C(C)(C)Br.N. The van der Waals surface area contributed by atoms with Crippen molar-refractivity contribution < 1.29 is 0 Å². The number of halogens is 1. The molecule has 21 heavy (non-hydrogen) atoms. The van der Waals surface area contributed by atoms with E-state index in [9.17, 15) is 0 Å². The topological polar surface area (TPSA) is 35.0 Å². The van der Waals surface area contributed by atoms with E-state index >= 15 is 0 Å². The summed E-state index contributed by atoms with van der Waals surface area (Å²) in [6.45, 7) is 9.24. The lowest BCUT2D eigenvalue weighted by Gasteiger charge is -2.25. The second kappa shape index (κ2) is 15.3. The highest BCUT2D eigenvalue weighted by Gasteiger charge is 2.20. The average molecular weight is 364 g/mol. The van der Waals surface area contributed by atoms with Crippen LogP contribution >= 0.6 is 15.9 Å². The van der Waals surface area contributed by atoms with E-state index in [2.05, 4.69) is 43.6 Å². The van der Waals surface area contributed by atoms with Crippen molar-refractivity contribution in [1.82, 2.24) is 6.15 Å². The Kier molecular flexibility index (Phi) is 17.3. The molecule has 0 saturated heterocycles. The minimum absolute atomic E-state index is 0. The van der Waals surface area contributed by atoms with Gasteiger partial charge in [-0.2, -0.15) is 0 Å². The maximum absolute atomic E-state index is 3.78. The fraction of sp³-hybridized carbons (Fsp3) is 1.00. The fourth-order valence-corrected chi connectivity index (χ4v) is 2.86. The normalized spacial score (nSPS) is 13.0. The number of hydrogen-bond donors (Lipinski definition) is 1. The van der Waals surface area contributed by atoms with Crippen molar-refractivity contribution in [2.75, 3.05) is 0 Å². The first kappa shape index (κ1) is 23.7. The third-order valence-corrected chi connectivity index (χ3v) is 5.44. The second-order valence-corrected chi connectivity index (χ2v) is 9.19. The summed E-state index contributed by atoms with van der Waals surface area (Å²) < 4.78 is 0.310. The molecule has 0 aliphatic rings. The molecule has 0 aromatic carbocycles. The molecule has 0 rings (SSSR count). The zero-order valence-electron chi connectivity index (χ0n) is 15.4. The average Bonchev–Trinajstić information content (AvgIpc) is 2.38. The van der Waals surface area contributed by atoms with Crippen LogP contribution in [0.2, 0.25) is 0 Å². The predicted molar refractivity (Wildman–Crippen MR) is 103 cm³/mol. The van der Waals surface area contributed by atoms with Gasteiger partial charge in [-0.3, -0.25) is 0 Å². The van der Waals surface area contributed by atoms with Crippen LogP contribution in [-0.4, -0.2) is 4.32 Å². The van der Waals surface area contributed by atoms with Crippen LogP contribution in [-0.2, 0) is 0 Å². The van der Waals surface area contributed by atoms with E-state index in [1.165, 1.54) is 83.5 Å². The lowest BCUT2D eigenvalue weighted by Crippen LogP contribution is -2.20. The molecule has 0 spiro atoms. The zero-order chi connectivity index (χ0) is 15.3. The van der Waals surface area contributed by atoms with Crippen LogP contribution in [0.1, 0.15) is 111 Å². The standard InChI is InChI=1S/C19H39Br.H3N/c1-5-6-7-8-9-10-11-12-13-14-15-16-17-18(2)19(3,4)20;/h18H,5-17H2,1-4H3;1H3.